The molecule has 0 aromatic carbocycles. The minimum absolute atomic E-state index is 0.0440. The van der Waals surface area contributed by atoms with Crippen molar-refractivity contribution in [3.63, 3.8) is 0 Å². The Morgan fingerprint density at radius 2 is 1.76 bits per heavy atom. The monoisotopic (exact) mass is 294 g/mol. The third-order valence-corrected chi connectivity index (χ3v) is 5.61. The summed E-state index contributed by atoms with van der Waals surface area (Å²) in [5.74, 6) is -0.315. The van der Waals surface area contributed by atoms with Crippen LogP contribution in [0.15, 0.2) is 0 Å². The Morgan fingerprint density at radius 1 is 1.00 bits per heavy atom. The Morgan fingerprint density at radius 3 is 2.52 bits per heavy atom. The molecule has 2 amide bonds. The van der Waals surface area contributed by atoms with E-state index in [9.17, 15) is 9.59 Å². The number of carbonyl (C=O) groups excluding carboxylic acids is 1. The van der Waals surface area contributed by atoms with Crippen molar-refractivity contribution in [2.75, 3.05) is 6.54 Å². The van der Waals surface area contributed by atoms with E-state index in [2.05, 4.69) is 5.32 Å². The van der Waals surface area contributed by atoms with Gasteiger partial charge in [-0.15, -0.1) is 0 Å². The average Bonchev–Trinajstić information content (AvgIpc) is 2.95. The average molecular weight is 294 g/mol. The lowest BCUT2D eigenvalue weighted by Gasteiger charge is -2.44. The van der Waals surface area contributed by atoms with E-state index in [1.165, 1.54) is 25.7 Å². The molecule has 5 heteroatoms. The van der Waals surface area contributed by atoms with Gasteiger partial charge in [0, 0.05) is 18.6 Å². The summed E-state index contributed by atoms with van der Waals surface area (Å²) in [5.41, 5.74) is 0. The zero-order valence-corrected chi connectivity index (χ0v) is 12.6. The van der Waals surface area contributed by atoms with Crippen molar-refractivity contribution in [3.05, 3.63) is 0 Å². The minimum Gasteiger partial charge on any atom is -0.481 e. The van der Waals surface area contributed by atoms with Crippen LogP contribution in [0.1, 0.15) is 57.8 Å². The molecule has 4 atom stereocenters. The van der Waals surface area contributed by atoms with Gasteiger partial charge in [-0.3, -0.25) is 4.79 Å². The highest BCUT2D eigenvalue weighted by Gasteiger charge is 2.37. The van der Waals surface area contributed by atoms with Gasteiger partial charge in [-0.2, -0.15) is 0 Å². The summed E-state index contributed by atoms with van der Waals surface area (Å²) in [6.45, 7) is 0.863. The van der Waals surface area contributed by atoms with E-state index in [-0.39, 0.29) is 18.0 Å². The first-order valence-electron chi connectivity index (χ1n) is 8.45. The van der Waals surface area contributed by atoms with Crippen LogP contribution in [0.4, 0.5) is 4.79 Å². The normalized spacial score (nSPS) is 36.1. The lowest BCUT2D eigenvalue weighted by atomic mass is 9.78. The van der Waals surface area contributed by atoms with E-state index < -0.39 is 5.97 Å². The van der Waals surface area contributed by atoms with Crippen LogP contribution in [0, 0.1) is 11.8 Å². The van der Waals surface area contributed by atoms with Crippen LogP contribution in [0.3, 0.4) is 0 Å². The van der Waals surface area contributed by atoms with E-state index in [4.69, 9.17) is 5.11 Å². The molecule has 0 aromatic heterocycles. The molecule has 118 valence electrons. The predicted octanol–water partition coefficient (Wildman–Crippen LogP) is 2.60. The first-order chi connectivity index (χ1) is 10.1. The third-order valence-electron chi connectivity index (χ3n) is 5.61. The largest absolute Gasteiger partial charge is 0.481 e. The highest BCUT2D eigenvalue weighted by Crippen LogP contribution is 2.35. The molecule has 3 aliphatic rings. The van der Waals surface area contributed by atoms with Crippen molar-refractivity contribution in [1.29, 1.82) is 0 Å². The second-order valence-electron chi connectivity index (χ2n) is 6.94. The van der Waals surface area contributed by atoms with E-state index in [1.807, 2.05) is 4.90 Å². The fourth-order valence-electron chi connectivity index (χ4n) is 4.47. The van der Waals surface area contributed by atoms with Gasteiger partial charge in [-0.05, 0) is 50.9 Å². The number of carboxylic acids is 1. The van der Waals surface area contributed by atoms with Crippen LogP contribution in [0.5, 0.6) is 0 Å². The van der Waals surface area contributed by atoms with Crippen molar-refractivity contribution in [3.8, 4) is 0 Å². The summed E-state index contributed by atoms with van der Waals surface area (Å²) in [6, 6.07) is 0.509. The zero-order chi connectivity index (χ0) is 14.8. The van der Waals surface area contributed by atoms with Gasteiger partial charge in [-0.1, -0.05) is 12.8 Å². The number of carbonyl (C=O) groups is 2. The Labute approximate surface area is 126 Å². The number of fused-ring (bicyclic) bond motifs is 1. The Hall–Kier alpha value is -1.26. The van der Waals surface area contributed by atoms with Crippen LogP contribution in [-0.4, -0.2) is 40.6 Å². The first-order valence-corrected chi connectivity index (χ1v) is 8.45. The lowest BCUT2D eigenvalue weighted by molar-refractivity contribution is -0.141. The number of aliphatic carboxylic acids is 1. The number of carboxylic acid groups (broad SMARTS) is 1. The Balaban J connectivity index is 1.56. The van der Waals surface area contributed by atoms with E-state index in [0.717, 1.165) is 25.8 Å². The van der Waals surface area contributed by atoms with Gasteiger partial charge < -0.3 is 15.3 Å². The van der Waals surface area contributed by atoms with Crippen LogP contribution < -0.4 is 5.32 Å². The maximum atomic E-state index is 12.6. The Bertz CT molecular complexity index is 410. The summed E-state index contributed by atoms with van der Waals surface area (Å²) in [6.07, 6.45) is 9.38. The predicted molar refractivity (Wildman–Crippen MR) is 79.0 cm³/mol. The summed E-state index contributed by atoms with van der Waals surface area (Å²) < 4.78 is 0. The molecule has 2 aliphatic carbocycles. The molecular formula is C16H26N2O3. The quantitative estimate of drug-likeness (QED) is 0.822. The van der Waals surface area contributed by atoms with Crippen LogP contribution in [-0.2, 0) is 4.79 Å². The fourth-order valence-corrected chi connectivity index (χ4v) is 4.47. The second kappa shape index (κ2) is 6.24. The lowest BCUT2D eigenvalue weighted by Crippen LogP contribution is -2.54. The molecule has 0 unspecified atom stereocenters. The molecule has 3 fully saturated rings. The molecule has 5 nitrogen and oxygen atoms in total. The number of likely N-dealkylation sites (tertiary alicyclic amines) is 1. The molecule has 2 saturated carbocycles. The van der Waals surface area contributed by atoms with Crippen LogP contribution in [0.25, 0.3) is 0 Å². The number of hydrogen-bond donors (Lipinski definition) is 2. The van der Waals surface area contributed by atoms with Crippen LogP contribution in [0.2, 0.25) is 0 Å². The molecule has 0 radical (unpaired) electrons. The maximum Gasteiger partial charge on any atom is 0.317 e. The number of nitrogens with zero attached hydrogens (tertiary/aromatic N) is 1. The van der Waals surface area contributed by atoms with Crippen molar-refractivity contribution in [2.45, 2.75) is 69.9 Å². The summed E-state index contributed by atoms with van der Waals surface area (Å²) in [5, 5.41) is 12.1. The molecule has 2 N–H and O–H groups in total. The Kier molecular flexibility index (Phi) is 4.36. The smallest absolute Gasteiger partial charge is 0.317 e. The SMILES string of the molecule is O=C(O)[C@@H]1CC[C@H](NC(=O)N2CCC[C@H]3CCCC[C@H]32)C1. The van der Waals surface area contributed by atoms with Crippen molar-refractivity contribution < 1.29 is 14.7 Å². The number of hydrogen-bond acceptors (Lipinski definition) is 2. The van der Waals surface area contributed by atoms with Gasteiger partial charge in [0.2, 0.25) is 0 Å². The second-order valence-corrected chi connectivity index (χ2v) is 6.94. The number of piperidine rings is 1. The first kappa shape index (κ1) is 14.7. The van der Waals surface area contributed by atoms with Crippen molar-refractivity contribution >= 4 is 12.0 Å². The number of urea groups is 1. The van der Waals surface area contributed by atoms with Gasteiger partial charge in [0.05, 0.1) is 5.92 Å². The summed E-state index contributed by atoms with van der Waals surface area (Å²) in [4.78, 5) is 25.6. The fraction of sp³-hybridized carbons (Fsp3) is 0.875. The number of nitrogens with one attached hydrogen (secondary N) is 1. The molecule has 21 heavy (non-hydrogen) atoms. The maximum absolute atomic E-state index is 12.6. The minimum atomic E-state index is -0.725. The van der Waals surface area contributed by atoms with Gasteiger partial charge in [-0.25, -0.2) is 4.79 Å². The summed E-state index contributed by atoms with van der Waals surface area (Å²) in [7, 11) is 0. The highest BCUT2D eigenvalue weighted by atomic mass is 16.4. The topological polar surface area (TPSA) is 69.6 Å². The van der Waals surface area contributed by atoms with Gasteiger partial charge in [0.25, 0.3) is 0 Å². The molecule has 1 heterocycles. The van der Waals surface area contributed by atoms with E-state index >= 15 is 0 Å². The zero-order valence-electron chi connectivity index (χ0n) is 12.6. The van der Waals surface area contributed by atoms with Crippen molar-refractivity contribution in [1.82, 2.24) is 10.2 Å². The van der Waals surface area contributed by atoms with E-state index in [1.54, 1.807) is 0 Å². The van der Waals surface area contributed by atoms with E-state index in [0.29, 0.717) is 24.8 Å². The third kappa shape index (κ3) is 3.16. The molecule has 0 spiro atoms. The molecule has 3 rings (SSSR count). The molecule has 1 aliphatic heterocycles. The van der Waals surface area contributed by atoms with Gasteiger partial charge in [0.1, 0.15) is 0 Å². The van der Waals surface area contributed by atoms with Gasteiger partial charge >= 0.3 is 12.0 Å². The van der Waals surface area contributed by atoms with Crippen LogP contribution >= 0.6 is 0 Å². The number of amides is 2. The highest BCUT2D eigenvalue weighted by molar-refractivity contribution is 5.75. The molecule has 0 aromatic rings. The van der Waals surface area contributed by atoms with Crippen molar-refractivity contribution in [2.24, 2.45) is 11.8 Å². The molecule has 0 bridgehead atoms. The summed E-state index contributed by atoms with van der Waals surface area (Å²) >= 11 is 0. The van der Waals surface area contributed by atoms with Gasteiger partial charge in [0.15, 0.2) is 0 Å². The molecule has 1 saturated heterocycles. The molecular weight excluding hydrogens is 268 g/mol. The number of rotatable bonds is 2. The standard InChI is InChI=1S/C16H26N2O3/c19-15(20)12-7-8-13(10-12)17-16(21)18-9-3-5-11-4-1-2-6-14(11)18/h11-14H,1-10H2,(H,17,21)(H,19,20)/t11-,12-,13+,14-/m1/s1.